The predicted molar refractivity (Wildman–Crippen MR) is 32.7 cm³/mol. The van der Waals surface area contributed by atoms with Crippen LogP contribution in [0.1, 0.15) is 0 Å². The van der Waals surface area contributed by atoms with E-state index >= 15 is 0 Å². The molecular formula is C2H3N7O3. The van der Waals surface area contributed by atoms with Crippen LogP contribution < -0.4 is 5.84 Å². The minimum atomic E-state index is -1.10. The van der Waals surface area contributed by atoms with Crippen LogP contribution in [0.5, 0.6) is 0 Å². The highest BCUT2D eigenvalue weighted by Crippen LogP contribution is 1.87. The summed E-state index contributed by atoms with van der Waals surface area (Å²) >= 11 is 0. The van der Waals surface area contributed by atoms with Crippen molar-refractivity contribution in [3.63, 3.8) is 0 Å². The number of nitrogens with zero attached hydrogens (tertiary/aromatic N) is 6. The fourth-order valence-corrected chi connectivity index (χ4v) is 0.252. The van der Waals surface area contributed by atoms with Gasteiger partial charge in [0.15, 0.2) is 0 Å². The molecular weight excluding hydrogens is 170 g/mol. The quantitative estimate of drug-likeness (QED) is 0.0759. The molecule has 0 radical (unpaired) electrons. The van der Waals surface area contributed by atoms with Gasteiger partial charge in [0, 0.05) is 10.4 Å². The van der Waals surface area contributed by atoms with Gasteiger partial charge in [0.25, 0.3) is 0 Å². The van der Waals surface area contributed by atoms with Crippen LogP contribution in [0, 0.1) is 21.6 Å². The van der Waals surface area contributed by atoms with Gasteiger partial charge in [-0.25, -0.2) is 5.21 Å². The summed E-state index contributed by atoms with van der Waals surface area (Å²) in [6, 6.07) is 0. The molecule has 0 rings (SSSR count). The molecule has 0 atom stereocenters. The molecule has 0 saturated heterocycles. The lowest BCUT2D eigenvalue weighted by Crippen LogP contribution is -2.15. The number of hydrazone groups is 1. The highest BCUT2D eigenvalue weighted by molar-refractivity contribution is 5.71. The number of nitriles is 1. The zero-order valence-electron chi connectivity index (χ0n) is 5.52. The molecule has 0 aromatic rings. The van der Waals surface area contributed by atoms with E-state index in [2.05, 4.69) is 21.3 Å². The van der Waals surface area contributed by atoms with Crippen LogP contribution in [0.3, 0.4) is 0 Å². The summed E-state index contributed by atoms with van der Waals surface area (Å²) < 4.78 is 0. The van der Waals surface area contributed by atoms with E-state index in [1.807, 2.05) is 0 Å². The van der Waals surface area contributed by atoms with Crippen molar-refractivity contribution in [3.05, 3.63) is 10.1 Å². The van der Waals surface area contributed by atoms with E-state index in [-0.39, 0.29) is 5.17 Å². The topological polar surface area (TPSA) is 154 Å². The van der Waals surface area contributed by atoms with E-state index in [9.17, 15) is 10.1 Å². The lowest BCUT2D eigenvalue weighted by Gasteiger charge is -1.91. The van der Waals surface area contributed by atoms with Gasteiger partial charge in [-0.05, 0) is 4.92 Å². The van der Waals surface area contributed by atoms with E-state index in [1.54, 1.807) is 0 Å². The van der Waals surface area contributed by atoms with Crippen molar-refractivity contribution in [1.82, 2.24) is 5.17 Å². The van der Waals surface area contributed by atoms with Crippen molar-refractivity contribution in [2.24, 2.45) is 21.3 Å². The average molecular weight is 173 g/mol. The third kappa shape index (κ3) is 3.03. The van der Waals surface area contributed by atoms with Crippen LogP contribution in [0.2, 0.25) is 0 Å². The van der Waals surface area contributed by atoms with E-state index < -0.39 is 10.9 Å². The van der Waals surface area contributed by atoms with Gasteiger partial charge in [0.2, 0.25) is 6.19 Å². The summed E-state index contributed by atoms with van der Waals surface area (Å²) in [5.41, 5.74) is 0. The second-order valence-electron chi connectivity index (χ2n) is 1.26. The lowest BCUT2D eigenvalue weighted by molar-refractivity contribution is -0.355. The van der Waals surface area contributed by atoms with E-state index in [1.165, 1.54) is 0 Å². The zero-order valence-corrected chi connectivity index (χ0v) is 5.52. The van der Waals surface area contributed by atoms with E-state index in [0.717, 1.165) is 6.19 Å². The summed E-state index contributed by atoms with van der Waals surface area (Å²) in [5, 5.41) is 33.8. The van der Waals surface area contributed by atoms with Crippen LogP contribution in [0.4, 0.5) is 0 Å². The van der Waals surface area contributed by atoms with Crippen molar-refractivity contribution < 1.29 is 10.1 Å². The molecule has 0 fully saturated rings. The first-order valence-electron chi connectivity index (χ1n) is 2.34. The van der Waals surface area contributed by atoms with Crippen molar-refractivity contribution in [3.8, 4) is 6.19 Å². The maximum Gasteiger partial charge on any atom is 0.515 e. The highest BCUT2D eigenvalue weighted by atomic mass is 16.6. The Kier molecular flexibility index (Phi) is 3.66. The van der Waals surface area contributed by atoms with Crippen LogP contribution in [0.25, 0.3) is 0 Å². The molecule has 10 heteroatoms. The number of hydroxylamine groups is 1. The molecule has 0 amide bonds. The van der Waals surface area contributed by atoms with Crippen molar-refractivity contribution in [2.75, 3.05) is 0 Å². The number of hydrogen-bond donors (Lipinski definition) is 2. The smallest absolute Gasteiger partial charge is 0.390 e. The fourth-order valence-electron chi connectivity index (χ4n) is 0.252. The molecule has 3 N–H and O–H groups in total. The first-order chi connectivity index (χ1) is 5.61. The number of nitro groups is 1. The summed E-state index contributed by atoms with van der Waals surface area (Å²) in [4.78, 5) is 8.89. The van der Waals surface area contributed by atoms with Crippen molar-refractivity contribution in [1.29, 1.82) is 5.26 Å². The van der Waals surface area contributed by atoms with Crippen molar-refractivity contribution >= 4 is 5.96 Å². The molecule has 0 unspecified atom stereocenters. The van der Waals surface area contributed by atoms with Gasteiger partial charge in [0.05, 0.1) is 10.2 Å². The van der Waals surface area contributed by atoms with Gasteiger partial charge in [-0.2, -0.15) is 5.26 Å². The lowest BCUT2D eigenvalue weighted by atomic mass is 11.1. The molecule has 0 saturated carbocycles. The van der Waals surface area contributed by atoms with Crippen molar-refractivity contribution in [2.45, 2.75) is 0 Å². The third-order valence-corrected chi connectivity index (χ3v) is 0.584. The molecule has 0 aromatic heterocycles. The van der Waals surface area contributed by atoms with Gasteiger partial charge in [-0.15, -0.1) is 0 Å². The van der Waals surface area contributed by atoms with Crippen LogP contribution in [-0.4, -0.2) is 21.3 Å². The molecule has 0 heterocycles. The van der Waals surface area contributed by atoms with Crippen LogP contribution >= 0.6 is 0 Å². The summed E-state index contributed by atoms with van der Waals surface area (Å²) in [6.07, 6.45) is 1.06. The summed E-state index contributed by atoms with van der Waals surface area (Å²) in [6.45, 7) is 0. The largest absolute Gasteiger partial charge is 0.515 e. The molecule has 12 heavy (non-hydrogen) atoms. The Balaban J connectivity index is 4.63. The number of nitrogens with two attached hydrogens (primary N) is 1. The van der Waals surface area contributed by atoms with Gasteiger partial charge >= 0.3 is 5.96 Å². The highest BCUT2D eigenvalue weighted by Gasteiger charge is 2.14. The summed E-state index contributed by atoms with van der Waals surface area (Å²) in [5.74, 6) is 3.38. The second kappa shape index (κ2) is 4.52. The average Bonchev–Trinajstić information content (AvgIpc) is 2.03. The Labute approximate surface area is 65.3 Å². The second-order valence-corrected chi connectivity index (χ2v) is 1.26. The summed E-state index contributed by atoms with van der Waals surface area (Å²) in [7, 11) is 0. The molecule has 0 aliphatic heterocycles. The Morgan fingerprint density at radius 1 is 1.83 bits per heavy atom. The first-order valence-corrected chi connectivity index (χ1v) is 2.34. The normalized spacial score (nSPS) is 11.2. The SMILES string of the molecule is N#CN(O)N=C(N=NN)[N+](=O)[O-]. The maximum absolute atomic E-state index is 9.96. The Hall–Kier alpha value is -2.28. The number of hydrogen-bond acceptors (Lipinski definition) is 7. The molecule has 64 valence electrons. The van der Waals surface area contributed by atoms with Gasteiger partial charge in [-0.1, -0.05) is 0 Å². The predicted octanol–water partition coefficient (Wildman–Crippen LogP) is -0.968. The zero-order chi connectivity index (χ0) is 9.56. The maximum atomic E-state index is 9.96. The minimum Gasteiger partial charge on any atom is -0.390 e. The molecule has 0 aromatic carbocycles. The van der Waals surface area contributed by atoms with Gasteiger partial charge in [-0.3, -0.25) is 5.84 Å². The monoisotopic (exact) mass is 173 g/mol. The van der Waals surface area contributed by atoms with Crippen LogP contribution in [0.15, 0.2) is 15.4 Å². The van der Waals surface area contributed by atoms with Gasteiger partial charge < -0.3 is 10.1 Å². The van der Waals surface area contributed by atoms with E-state index in [0.29, 0.717) is 0 Å². The Bertz CT molecular complexity index is 262. The standard InChI is InChI=1S/C2H3N7O3/c3-1-8(10)6-2(5-7-4)9(11)12/h10H,(H2,4,5,6). The molecule has 0 bridgehead atoms. The van der Waals surface area contributed by atoms with Crippen LogP contribution in [-0.2, 0) is 0 Å². The van der Waals surface area contributed by atoms with E-state index in [4.69, 9.17) is 10.5 Å². The number of rotatable bonds is 1. The number of guanidine groups is 1. The molecule has 0 aliphatic carbocycles. The fraction of sp³-hybridized carbons (Fsp3) is 0. The molecule has 0 aliphatic rings. The Morgan fingerprint density at radius 2 is 2.42 bits per heavy atom. The first kappa shape index (κ1) is 9.72. The Morgan fingerprint density at radius 3 is 2.75 bits per heavy atom. The minimum absolute atomic E-state index is 0.340. The third-order valence-electron chi connectivity index (χ3n) is 0.584. The van der Waals surface area contributed by atoms with Gasteiger partial charge in [0.1, 0.15) is 0 Å². The molecule has 10 nitrogen and oxygen atoms in total. The molecule has 0 spiro atoms.